The summed E-state index contributed by atoms with van der Waals surface area (Å²) < 4.78 is 37.8. The van der Waals surface area contributed by atoms with E-state index in [2.05, 4.69) is 19.7 Å². The van der Waals surface area contributed by atoms with Crippen LogP contribution in [-0.4, -0.2) is 37.6 Å². The summed E-state index contributed by atoms with van der Waals surface area (Å²) in [6.07, 6.45) is 2.96. The first-order valence-corrected chi connectivity index (χ1v) is 9.49. The van der Waals surface area contributed by atoms with E-state index in [-0.39, 0.29) is 27.6 Å². The van der Waals surface area contributed by atoms with E-state index in [1.54, 1.807) is 18.2 Å². The first kappa shape index (κ1) is 18.9. The first-order valence-electron chi connectivity index (χ1n) is 7.63. The molecular weight excluding hydrogens is 392 g/mol. The van der Waals surface area contributed by atoms with Gasteiger partial charge in [0.25, 0.3) is 10.0 Å². The maximum atomic E-state index is 12.5. The highest BCUT2D eigenvalue weighted by atomic mass is 35.5. The molecule has 2 heterocycles. The molecule has 3 aromatic rings. The van der Waals surface area contributed by atoms with Crippen molar-refractivity contribution in [2.24, 2.45) is 0 Å². The molecule has 0 atom stereocenters. The minimum atomic E-state index is -3.82. The lowest BCUT2D eigenvalue weighted by Gasteiger charge is -2.12. The Hall–Kier alpha value is -2.91. The Morgan fingerprint density at radius 1 is 1.04 bits per heavy atom. The van der Waals surface area contributed by atoms with Crippen molar-refractivity contribution in [3.63, 3.8) is 0 Å². The van der Waals surface area contributed by atoms with E-state index < -0.39 is 10.0 Å². The third-order valence-electron chi connectivity index (χ3n) is 3.56. The first-order chi connectivity index (χ1) is 12.9. The summed E-state index contributed by atoms with van der Waals surface area (Å²) in [5.74, 6) is 0.253. The maximum absolute atomic E-state index is 12.5. The van der Waals surface area contributed by atoms with Gasteiger partial charge in [-0.05, 0) is 18.2 Å². The van der Waals surface area contributed by atoms with Crippen LogP contribution in [0.3, 0.4) is 0 Å². The monoisotopic (exact) mass is 406 g/mol. The predicted molar refractivity (Wildman–Crippen MR) is 101 cm³/mol. The number of rotatable bonds is 6. The molecule has 1 aromatic carbocycles. The van der Waals surface area contributed by atoms with Crippen molar-refractivity contribution in [3.8, 4) is 23.0 Å². The zero-order chi connectivity index (χ0) is 19.4. The molecule has 27 heavy (non-hydrogen) atoms. The van der Waals surface area contributed by atoms with Crippen LogP contribution in [0.1, 0.15) is 0 Å². The lowest BCUT2D eigenvalue weighted by Crippen LogP contribution is -2.13. The Morgan fingerprint density at radius 3 is 2.44 bits per heavy atom. The zero-order valence-corrected chi connectivity index (χ0v) is 16.0. The fraction of sp³-hybridized carbons (Fsp3) is 0.118. The number of anilines is 1. The molecule has 8 nitrogen and oxygen atoms in total. The number of sulfonamides is 1. The number of nitrogens with zero attached hydrogens (tertiary/aromatic N) is 3. The number of hydrogen-bond donors (Lipinski definition) is 1. The molecule has 0 aliphatic rings. The molecule has 0 amide bonds. The van der Waals surface area contributed by atoms with Crippen molar-refractivity contribution in [2.75, 3.05) is 18.9 Å². The summed E-state index contributed by atoms with van der Waals surface area (Å²) in [7, 11) is -0.927. The minimum Gasteiger partial charge on any atom is -0.480 e. The van der Waals surface area contributed by atoms with E-state index in [1.165, 1.54) is 44.8 Å². The number of nitrogens with one attached hydrogen (secondary N) is 1. The van der Waals surface area contributed by atoms with Gasteiger partial charge in [0.2, 0.25) is 5.88 Å². The van der Waals surface area contributed by atoms with Crippen LogP contribution in [0.25, 0.3) is 11.1 Å². The SMILES string of the molecule is COc1ncc(-c2cnc(Cl)c(NS(=O)(=O)c3ccccc3)c2)c(OC)n1. The second-order valence-corrected chi connectivity index (χ2v) is 7.30. The van der Waals surface area contributed by atoms with Crippen LogP contribution in [0, 0.1) is 0 Å². The van der Waals surface area contributed by atoms with Crippen LogP contribution in [0.2, 0.25) is 5.15 Å². The summed E-state index contributed by atoms with van der Waals surface area (Å²) >= 11 is 6.08. The van der Waals surface area contributed by atoms with Gasteiger partial charge in [0, 0.05) is 18.0 Å². The summed E-state index contributed by atoms with van der Waals surface area (Å²) in [5, 5.41) is 0.00616. The lowest BCUT2D eigenvalue weighted by molar-refractivity contribution is 0.353. The average Bonchev–Trinajstić information content (AvgIpc) is 2.69. The summed E-state index contributed by atoms with van der Waals surface area (Å²) in [4.78, 5) is 12.3. The smallest absolute Gasteiger partial charge is 0.319 e. The lowest BCUT2D eigenvalue weighted by atomic mass is 10.1. The van der Waals surface area contributed by atoms with Crippen molar-refractivity contribution in [2.45, 2.75) is 4.90 Å². The third kappa shape index (κ3) is 4.09. The fourth-order valence-electron chi connectivity index (χ4n) is 2.27. The molecule has 10 heteroatoms. The second-order valence-electron chi connectivity index (χ2n) is 5.26. The highest BCUT2D eigenvalue weighted by Crippen LogP contribution is 2.33. The van der Waals surface area contributed by atoms with Gasteiger partial charge in [0.1, 0.15) is 0 Å². The Kier molecular flexibility index (Phi) is 5.43. The predicted octanol–water partition coefficient (Wildman–Crippen LogP) is 3.01. The van der Waals surface area contributed by atoms with Gasteiger partial charge in [0.05, 0.1) is 30.4 Å². The molecule has 0 radical (unpaired) electrons. The number of pyridine rings is 1. The summed E-state index contributed by atoms with van der Waals surface area (Å²) in [6.45, 7) is 0. The van der Waals surface area contributed by atoms with Crippen LogP contribution >= 0.6 is 11.6 Å². The van der Waals surface area contributed by atoms with Gasteiger partial charge < -0.3 is 9.47 Å². The highest BCUT2D eigenvalue weighted by Gasteiger charge is 2.18. The minimum absolute atomic E-state index is 0.00616. The van der Waals surface area contributed by atoms with Gasteiger partial charge >= 0.3 is 6.01 Å². The number of methoxy groups -OCH3 is 2. The fourth-order valence-corrected chi connectivity index (χ4v) is 3.56. The van der Waals surface area contributed by atoms with Crippen LogP contribution in [0.5, 0.6) is 11.9 Å². The quantitative estimate of drug-likeness (QED) is 0.627. The Balaban J connectivity index is 2.01. The van der Waals surface area contributed by atoms with Crippen LogP contribution in [0.15, 0.2) is 53.7 Å². The van der Waals surface area contributed by atoms with Gasteiger partial charge in [-0.2, -0.15) is 4.98 Å². The van der Waals surface area contributed by atoms with E-state index >= 15 is 0 Å². The van der Waals surface area contributed by atoms with Crippen LogP contribution in [-0.2, 0) is 10.0 Å². The van der Waals surface area contributed by atoms with E-state index in [1.807, 2.05) is 0 Å². The van der Waals surface area contributed by atoms with Crippen molar-refractivity contribution in [1.29, 1.82) is 0 Å². The molecule has 140 valence electrons. The van der Waals surface area contributed by atoms with E-state index in [9.17, 15) is 8.42 Å². The van der Waals surface area contributed by atoms with Gasteiger partial charge in [0.15, 0.2) is 5.15 Å². The molecule has 0 aliphatic carbocycles. The van der Waals surface area contributed by atoms with Crippen molar-refractivity contribution in [3.05, 3.63) is 53.9 Å². The topological polar surface area (TPSA) is 103 Å². The van der Waals surface area contributed by atoms with Crippen molar-refractivity contribution in [1.82, 2.24) is 15.0 Å². The van der Waals surface area contributed by atoms with Gasteiger partial charge in [-0.25, -0.2) is 18.4 Å². The van der Waals surface area contributed by atoms with Gasteiger partial charge in [-0.1, -0.05) is 29.8 Å². The van der Waals surface area contributed by atoms with Gasteiger partial charge in [-0.15, -0.1) is 0 Å². The molecule has 0 bridgehead atoms. The Bertz CT molecular complexity index is 1060. The summed E-state index contributed by atoms with van der Waals surface area (Å²) in [6, 6.07) is 9.62. The average molecular weight is 407 g/mol. The zero-order valence-electron chi connectivity index (χ0n) is 14.4. The van der Waals surface area contributed by atoms with E-state index in [0.717, 1.165) is 0 Å². The highest BCUT2D eigenvalue weighted by molar-refractivity contribution is 7.92. The molecule has 0 saturated heterocycles. The third-order valence-corrected chi connectivity index (χ3v) is 5.24. The standard InChI is InChI=1S/C17H15ClN4O4S/c1-25-16-13(10-20-17(21-16)26-2)11-8-14(15(18)19-9-11)22-27(23,24)12-6-4-3-5-7-12/h3-10,22H,1-2H3. The van der Waals surface area contributed by atoms with Crippen molar-refractivity contribution < 1.29 is 17.9 Å². The summed E-state index contributed by atoms with van der Waals surface area (Å²) in [5.41, 5.74) is 1.14. The maximum Gasteiger partial charge on any atom is 0.319 e. The molecule has 0 saturated carbocycles. The number of ether oxygens (including phenoxy) is 2. The van der Waals surface area contributed by atoms with E-state index in [0.29, 0.717) is 11.1 Å². The second kappa shape index (κ2) is 7.77. The number of aromatic nitrogens is 3. The van der Waals surface area contributed by atoms with Crippen molar-refractivity contribution >= 4 is 27.3 Å². The molecule has 1 N–H and O–H groups in total. The Labute approximate surface area is 161 Å². The molecule has 2 aromatic heterocycles. The largest absolute Gasteiger partial charge is 0.480 e. The molecule has 0 unspecified atom stereocenters. The molecule has 0 aliphatic heterocycles. The van der Waals surface area contributed by atoms with Gasteiger partial charge in [-0.3, -0.25) is 4.72 Å². The molecular formula is C17H15ClN4O4S. The number of hydrogen-bond acceptors (Lipinski definition) is 7. The number of halogens is 1. The molecule has 0 fully saturated rings. The molecule has 0 spiro atoms. The van der Waals surface area contributed by atoms with Crippen LogP contribution < -0.4 is 14.2 Å². The van der Waals surface area contributed by atoms with E-state index in [4.69, 9.17) is 21.1 Å². The number of benzene rings is 1. The molecule has 3 rings (SSSR count). The Morgan fingerprint density at radius 2 is 1.78 bits per heavy atom. The normalized spacial score (nSPS) is 11.1. The van der Waals surface area contributed by atoms with Crippen LogP contribution in [0.4, 0.5) is 5.69 Å².